The predicted octanol–water partition coefficient (Wildman–Crippen LogP) is 4.12. The van der Waals surface area contributed by atoms with Gasteiger partial charge in [-0.25, -0.2) is 0 Å². The highest BCUT2D eigenvalue weighted by atomic mass is 32.2. The SMILES string of the molecule is CSc1ccccc1CN1CCC(CNC(=O)COc2ccccc2C)CC1. The van der Waals surface area contributed by atoms with E-state index in [4.69, 9.17) is 4.74 Å². The second-order valence-electron chi connectivity index (χ2n) is 7.39. The van der Waals surface area contributed by atoms with Crippen LogP contribution in [0.15, 0.2) is 53.4 Å². The van der Waals surface area contributed by atoms with Crippen molar-refractivity contribution in [2.45, 2.75) is 31.2 Å². The van der Waals surface area contributed by atoms with Crippen LogP contribution in [0.5, 0.6) is 5.75 Å². The fourth-order valence-corrected chi connectivity index (χ4v) is 4.20. The van der Waals surface area contributed by atoms with Gasteiger partial charge < -0.3 is 10.1 Å². The van der Waals surface area contributed by atoms with Crippen LogP contribution in [0, 0.1) is 12.8 Å². The Kier molecular flexibility index (Phi) is 7.80. The van der Waals surface area contributed by atoms with Crippen molar-refractivity contribution in [2.24, 2.45) is 5.92 Å². The molecule has 0 radical (unpaired) electrons. The number of nitrogens with zero attached hydrogens (tertiary/aromatic N) is 1. The van der Waals surface area contributed by atoms with Gasteiger partial charge in [0.2, 0.25) is 0 Å². The molecule has 0 aliphatic carbocycles. The van der Waals surface area contributed by atoms with E-state index in [0.29, 0.717) is 5.92 Å². The summed E-state index contributed by atoms with van der Waals surface area (Å²) in [5, 5.41) is 3.04. The molecular weight excluding hydrogens is 368 g/mol. The van der Waals surface area contributed by atoms with Gasteiger partial charge in [-0.2, -0.15) is 0 Å². The van der Waals surface area contributed by atoms with E-state index in [2.05, 4.69) is 40.7 Å². The van der Waals surface area contributed by atoms with Gasteiger partial charge in [-0.3, -0.25) is 9.69 Å². The third-order valence-corrected chi connectivity index (χ3v) is 6.17. The first-order valence-electron chi connectivity index (χ1n) is 9.95. The minimum atomic E-state index is -0.0421. The fraction of sp³-hybridized carbons (Fsp3) is 0.435. The highest BCUT2D eigenvalue weighted by Crippen LogP contribution is 2.24. The Morgan fingerprint density at radius 1 is 1.14 bits per heavy atom. The molecular formula is C23H30N2O2S. The molecule has 1 fully saturated rings. The van der Waals surface area contributed by atoms with Gasteiger partial charge in [-0.05, 0) is 68.3 Å². The van der Waals surface area contributed by atoms with Gasteiger partial charge in [0.25, 0.3) is 5.91 Å². The third kappa shape index (κ3) is 6.01. The number of amides is 1. The van der Waals surface area contributed by atoms with Crippen LogP contribution in [0.3, 0.4) is 0 Å². The summed E-state index contributed by atoms with van der Waals surface area (Å²) >= 11 is 1.81. The average molecular weight is 399 g/mol. The molecule has 28 heavy (non-hydrogen) atoms. The number of para-hydroxylation sites is 1. The Balaban J connectivity index is 1.36. The first-order chi connectivity index (χ1) is 13.7. The summed E-state index contributed by atoms with van der Waals surface area (Å²) in [7, 11) is 0. The van der Waals surface area contributed by atoms with E-state index in [1.54, 1.807) is 0 Å². The molecule has 1 heterocycles. The number of hydrogen-bond donors (Lipinski definition) is 1. The third-order valence-electron chi connectivity index (χ3n) is 5.33. The summed E-state index contributed by atoms with van der Waals surface area (Å²) in [6.07, 6.45) is 4.39. The predicted molar refractivity (Wildman–Crippen MR) is 116 cm³/mol. The van der Waals surface area contributed by atoms with E-state index < -0.39 is 0 Å². The minimum absolute atomic E-state index is 0.0421. The zero-order valence-electron chi connectivity index (χ0n) is 16.8. The summed E-state index contributed by atoms with van der Waals surface area (Å²) in [5.74, 6) is 1.28. The molecule has 0 saturated carbocycles. The van der Waals surface area contributed by atoms with Crippen LogP contribution in [0.1, 0.15) is 24.0 Å². The summed E-state index contributed by atoms with van der Waals surface area (Å²) in [4.78, 5) is 16.0. The second-order valence-corrected chi connectivity index (χ2v) is 8.24. The maximum Gasteiger partial charge on any atom is 0.257 e. The monoisotopic (exact) mass is 398 g/mol. The molecule has 3 rings (SSSR count). The number of hydrogen-bond acceptors (Lipinski definition) is 4. The van der Waals surface area contributed by atoms with Crippen LogP contribution in [0.2, 0.25) is 0 Å². The van der Waals surface area contributed by atoms with Crippen molar-refractivity contribution in [3.8, 4) is 5.75 Å². The van der Waals surface area contributed by atoms with Crippen molar-refractivity contribution < 1.29 is 9.53 Å². The zero-order valence-corrected chi connectivity index (χ0v) is 17.6. The summed E-state index contributed by atoms with van der Waals surface area (Å²) < 4.78 is 5.62. The minimum Gasteiger partial charge on any atom is -0.484 e. The number of rotatable bonds is 8. The smallest absolute Gasteiger partial charge is 0.257 e. The van der Waals surface area contributed by atoms with Gasteiger partial charge in [0, 0.05) is 18.0 Å². The van der Waals surface area contributed by atoms with Crippen molar-refractivity contribution >= 4 is 17.7 Å². The van der Waals surface area contributed by atoms with E-state index >= 15 is 0 Å². The highest BCUT2D eigenvalue weighted by molar-refractivity contribution is 7.98. The Morgan fingerprint density at radius 2 is 1.86 bits per heavy atom. The lowest BCUT2D eigenvalue weighted by Gasteiger charge is -2.32. The Morgan fingerprint density at radius 3 is 2.61 bits per heavy atom. The summed E-state index contributed by atoms with van der Waals surface area (Å²) in [6, 6.07) is 16.4. The molecule has 2 aromatic carbocycles. The maximum atomic E-state index is 12.1. The van der Waals surface area contributed by atoms with Gasteiger partial charge in [-0.1, -0.05) is 36.4 Å². The molecule has 0 aromatic heterocycles. The molecule has 2 aromatic rings. The van der Waals surface area contributed by atoms with Crippen molar-refractivity contribution in [2.75, 3.05) is 32.5 Å². The fourth-order valence-electron chi connectivity index (χ4n) is 3.59. The Bertz CT molecular complexity index is 773. The molecule has 0 atom stereocenters. The number of aryl methyl sites for hydroxylation is 1. The molecule has 1 saturated heterocycles. The van der Waals surface area contributed by atoms with E-state index in [1.807, 2.05) is 43.0 Å². The number of carbonyl (C=O) groups excluding carboxylic acids is 1. The van der Waals surface area contributed by atoms with Crippen molar-refractivity contribution in [1.29, 1.82) is 0 Å². The molecule has 1 N–H and O–H groups in total. The van der Waals surface area contributed by atoms with Crippen LogP contribution in [0.4, 0.5) is 0 Å². The Labute approximate surface area is 172 Å². The van der Waals surface area contributed by atoms with E-state index in [1.165, 1.54) is 10.5 Å². The number of nitrogens with one attached hydrogen (secondary N) is 1. The van der Waals surface area contributed by atoms with E-state index in [-0.39, 0.29) is 12.5 Å². The van der Waals surface area contributed by atoms with Gasteiger partial charge in [0.05, 0.1) is 0 Å². The number of benzene rings is 2. The average Bonchev–Trinajstić information content (AvgIpc) is 2.73. The molecule has 1 aliphatic rings. The van der Waals surface area contributed by atoms with Gasteiger partial charge in [-0.15, -0.1) is 11.8 Å². The standard InChI is InChI=1S/C23H30N2O2S/c1-18-7-3-5-9-21(18)27-17-23(26)24-15-19-11-13-25(14-12-19)16-20-8-4-6-10-22(20)28-2/h3-10,19H,11-17H2,1-2H3,(H,24,26). The lowest BCUT2D eigenvalue weighted by Crippen LogP contribution is -2.39. The van der Waals surface area contributed by atoms with Crippen LogP contribution in [-0.2, 0) is 11.3 Å². The number of ether oxygens (including phenoxy) is 1. The molecule has 5 heteroatoms. The van der Waals surface area contributed by atoms with Gasteiger partial charge >= 0.3 is 0 Å². The topological polar surface area (TPSA) is 41.6 Å². The number of likely N-dealkylation sites (tertiary alicyclic amines) is 1. The molecule has 1 aliphatic heterocycles. The van der Waals surface area contributed by atoms with Crippen molar-refractivity contribution in [3.05, 3.63) is 59.7 Å². The number of piperidine rings is 1. The first-order valence-corrected chi connectivity index (χ1v) is 11.2. The second kappa shape index (κ2) is 10.5. The molecule has 4 nitrogen and oxygen atoms in total. The normalized spacial score (nSPS) is 15.4. The lowest BCUT2D eigenvalue weighted by atomic mass is 9.96. The molecule has 0 unspecified atom stereocenters. The van der Waals surface area contributed by atoms with Crippen LogP contribution in [0.25, 0.3) is 0 Å². The van der Waals surface area contributed by atoms with Gasteiger partial charge in [0.15, 0.2) is 6.61 Å². The number of carbonyl (C=O) groups is 1. The quantitative estimate of drug-likeness (QED) is 0.679. The Hall–Kier alpha value is -1.98. The van der Waals surface area contributed by atoms with E-state index in [0.717, 1.165) is 50.3 Å². The van der Waals surface area contributed by atoms with Crippen LogP contribution >= 0.6 is 11.8 Å². The number of thioether (sulfide) groups is 1. The first kappa shape index (κ1) is 20.7. The molecule has 0 spiro atoms. The molecule has 0 bridgehead atoms. The van der Waals surface area contributed by atoms with Crippen LogP contribution < -0.4 is 10.1 Å². The summed E-state index contributed by atoms with van der Waals surface area (Å²) in [6.45, 7) is 5.99. The lowest BCUT2D eigenvalue weighted by molar-refractivity contribution is -0.123. The summed E-state index contributed by atoms with van der Waals surface area (Å²) in [5.41, 5.74) is 2.46. The largest absolute Gasteiger partial charge is 0.484 e. The molecule has 150 valence electrons. The van der Waals surface area contributed by atoms with Crippen LogP contribution in [-0.4, -0.2) is 43.3 Å². The van der Waals surface area contributed by atoms with Crippen molar-refractivity contribution in [3.63, 3.8) is 0 Å². The van der Waals surface area contributed by atoms with E-state index in [9.17, 15) is 4.79 Å². The zero-order chi connectivity index (χ0) is 19.8. The highest BCUT2D eigenvalue weighted by Gasteiger charge is 2.20. The van der Waals surface area contributed by atoms with Gasteiger partial charge in [0.1, 0.15) is 5.75 Å². The molecule has 1 amide bonds. The van der Waals surface area contributed by atoms with Crippen molar-refractivity contribution in [1.82, 2.24) is 10.2 Å². The maximum absolute atomic E-state index is 12.1.